The molecule has 0 bridgehead atoms. The van der Waals surface area contributed by atoms with Gasteiger partial charge in [0.25, 0.3) is 6.01 Å². The summed E-state index contributed by atoms with van der Waals surface area (Å²) in [5.74, 6) is 0. The van der Waals surface area contributed by atoms with E-state index in [1.807, 2.05) is 11.6 Å². The predicted octanol–water partition coefficient (Wildman–Crippen LogP) is 1.03. The number of aryl methyl sites for hydroxylation is 1. The highest BCUT2D eigenvalue weighted by Gasteiger charge is 2.04. The third kappa shape index (κ3) is 1.19. The molecule has 13 heavy (non-hydrogen) atoms. The zero-order valence-electron chi connectivity index (χ0n) is 7.24. The van der Waals surface area contributed by atoms with Crippen LogP contribution in [-0.4, -0.2) is 26.6 Å². The third-order valence-electron chi connectivity index (χ3n) is 1.76. The quantitative estimate of drug-likeness (QED) is 0.692. The summed E-state index contributed by atoms with van der Waals surface area (Å²) in [5.41, 5.74) is 1.51. The lowest BCUT2D eigenvalue weighted by molar-refractivity contribution is 0.381. The number of fused-ring (bicyclic) bond motifs is 1. The molecule has 0 aromatic carbocycles. The van der Waals surface area contributed by atoms with Gasteiger partial charge in [0, 0.05) is 7.05 Å². The normalized spacial score (nSPS) is 10.6. The number of H-pyrrole nitrogens is 1. The molecule has 0 unspecified atom stereocenters. The SMILES string of the molecule is COc1nc(=S)c2c(ncn2C)[nH]1. The average molecular weight is 196 g/mol. The minimum atomic E-state index is 0.385. The summed E-state index contributed by atoms with van der Waals surface area (Å²) in [6.07, 6.45) is 1.68. The van der Waals surface area contributed by atoms with E-state index in [2.05, 4.69) is 15.0 Å². The van der Waals surface area contributed by atoms with Crippen LogP contribution in [0.5, 0.6) is 6.01 Å². The number of rotatable bonds is 1. The van der Waals surface area contributed by atoms with E-state index in [0.29, 0.717) is 16.3 Å². The van der Waals surface area contributed by atoms with Crippen LogP contribution in [0, 0.1) is 4.64 Å². The molecule has 1 N–H and O–H groups in total. The second-order valence-corrected chi connectivity index (χ2v) is 2.99. The van der Waals surface area contributed by atoms with E-state index in [1.54, 1.807) is 6.33 Å². The van der Waals surface area contributed by atoms with Crippen LogP contribution in [0.2, 0.25) is 0 Å². The maximum atomic E-state index is 5.08. The maximum absolute atomic E-state index is 5.08. The molecule has 0 fully saturated rings. The highest BCUT2D eigenvalue weighted by Crippen LogP contribution is 2.12. The van der Waals surface area contributed by atoms with E-state index in [-0.39, 0.29) is 0 Å². The van der Waals surface area contributed by atoms with Crippen molar-refractivity contribution in [1.82, 2.24) is 19.5 Å². The molecule has 0 aliphatic heterocycles. The van der Waals surface area contributed by atoms with Gasteiger partial charge in [-0.25, -0.2) is 4.98 Å². The van der Waals surface area contributed by atoms with Crippen molar-refractivity contribution in [2.24, 2.45) is 7.05 Å². The van der Waals surface area contributed by atoms with Gasteiger partial charge in [-0.1, -0.05) is 12.2 Å². The molecule has 6 heteroatoms. The fourth-order valence-corrected chi connectivity index (χ4v) is 1.47. The van der Waals surface area contributed by atoms with Gasteiger partial charge < -0.3 is 9.30 Å². The summed E-state index contributed by atoms with van der Waals surface area (Å²) in [6, 6.07) is 0.385. The smallest absolute Gasteiger partial charge is 0.296 e. The van der Waals surface area contributed by atoms with Crippen LogP contribution in [0.4, 0.5) is 0 Å². The number of ether oxygens (including phenoxy) is 1. The van der Waals surface area contributed by atoms with Gasteiger partial charge in [0.2, 0.25) is 0 Å². The van der Waals surface area contributed by atoms with Crippen molar-refractivity contribution >= 4 is 23.4 Å². The van der Waals surface area contributed by atoms with Crippen molar-refractivity contribution in [2.45, 2.75) is 0 Å². The van der Waals surface area contributed by atoms with Crippen LogP contribution >= 0.6 is 12.2 Å². The van der Waals surface area contributed by atoms with Gasteiger partial charge in [0.05, 0.1) is 13.4 Å². The van der Waals surface area contributed by atoms with Gasteiger partial charge in [0.1, 0.15) is 5.52 Å². The van der Waals surface area contributed by atoms with Crippen LogP contribution in [0.3, 0.4) is 0 Å². The number of aromatic nitrogens is 4. The van der Waals surface area contributed by atoms with Crippen molar-refractivity contribution in [3.05, 3.63) is 11.0 Å². The highest BCUT2D eigenvalue weighted by atomic mass is 32.1. The fourth-order valence-electron chi connectivity index (χ4n) is 1.14. The van der Waals surface area contributed by atoms with Crippen LogP contribution in [-0.2, 0) is 7.05 Å². The summed E-state index contributed by atoms with van der Waals surface area (Å²) < 4.78 is 7.24. The Morgan fingerprint density at radius 1 is 1.62 bits per heavy atom. The lowest BCUT2D eigenvalue weighted by Crippen LogP contribution is -1.94. The molecule has 68 valence electrons. The van der Waals surface area contributed by atoms with Crippen molar-refractivity contribution in [2.75, 3.05) is 7.11 Å². The Kier molecular flexibility index (Phi) is 1.77. The van der Waals surface area contributed by atoms with E-state index in [9.17, 15) is 0 Å². The van der Waals surface area contributed by atoms with Crippen molar-refractivity contribution in [3.63, 3.8) is 0 Å². The van der Waals surface area contributed by atoms with E-state index in [4.69, 9.17) is 17.0 Å². The molecule has 2 aromatic rings. The summed E-state index contributed by atoms with van der Waals surface area (Å²) in [4.78, 5) is 11.0. The molecule has 0 radical (unpaired) electrons. The van der Waals surface area contributed by atoms with E-state index in [1.165, 1.54) is 7.11 Å². The number of nitrogens with one attached hydrogen (secondary N) is 1. The molecule has 0 spiro atoms. The molecule has 0 saturated heterocycles. The zero-order chi connectivity index (χ0) is 9.42. The first kappa shape index (κ1) is 8.18. The molecule has 2 heterocycles. The summed E-state index contributed by atoms with van der Waals surface area (Å²) in [6.45, 7) is 0. The number of hydrogen-bond donors (Lipinski definition) is 1. The number of hydrogen-bond acceptors (Lipinski definition) is 4. The first-order valence-electron chi connectivity index (χ1n) is 3.67. The third-order valence-corrected chi connectivity index (χ3v) is 2.05. The van der Waals surface area contributed by atoms with Crippen LogP contribution in [0.25, 0.3) is 11.2 Å². The molecule has 2 rings (SSSR count). The van der Waals surface area contributed by atoms with Gasteiger partial charge in [-0.2, -0.15) is 4.98 Å². The Balaban J connectivity index is 2.87. The van der Waals surface area contributed by atoms with Gasteiger partial charge >= 0.3 is 0 Å². The van der Waals surface area contributed by atoms with Crippen LogP contribution in [0.1, 0.15) is 0 Å². The van der Waals surface area contributed by atoms with Gasteiger partial charge in [-0.15, -0.1) is 0 Å². The van der Waals surface area contributed by atoms with Gasteiger partial charge in [-0.05, 0) is 0 Å². The molecular formula is C7H8N4OS. The largest absolute Gasteiger partial charge is 0.468 e. The van der Waals surface area contributed by atoms with E-state index >= 15 is 0 Å². The number of nitrogens with zero attached hydrogens (tertiary/aromatic N) is 3. The Morgan fingerprint density at radius 2 is 2.38 bits per heavy atom. The number of methoxy groups -OCH3 is 1. The standard InChI is InChI=1S/C7H8N4OS/c1-11-3-8-5-4(11)6(13)10-7(9-5)12-2/h3H,1-2H3,(H,9,10,13). The first-order valence-corrected chi connectivity index (χ1v) is 4.08. The Morgan fingerprint density at radius 3 is 3.08 bits per heavy atom. The average Bonchev–Trinajstić information content (AvgIpc) is 2.48. The minimum absolute atomic E-state index is 0.385. The number of imidazole rings is 1. The molecule has 0 atom stereocenters. The predicted molar refractivity (Wildman–Crippen MR) is 50.2 cm³/mol. The summed E-state index contributed by atoms with van der Waals surface area (Å²) in [7, 11) is 3.40. The van der Waals surface area contributed by atoms with Crippen molar-refractivity contribution < 1.29 is 4.74 Å². The zero-order valence-corrected chi connectivity index (χ0v) is 8.05. The molecule has 0 amide bonds. The Bertz CT molecular complexity index is 501. The molecular weight excluding hydrogens is 188 g/mol. The molecule has 5 nitrogen and oxygen atoms in total. The van der Waals surface area contributed by atoms with Crippen LogP contribution < -0.4 is 4.74 Å². The minimum Gasteiger partial charge on any atom is -0.468 e. The second kappa shape index (κ2) is 2.81. The monoisotopic (exact) mass is 196 g/mol. The molecule has 0 aliphatic rings. The maximum Gasteiger partial charge on any atom is 0.296 e. The van der Waals surface area contributed by atoms with Crippen molar-refractivity contribution in [3.8, 4) is 6.01 Å². The lowest BCUT2D eigenvalue weighted by Gasteiger charge is -1.98. The van der Waals surface area contributed by atoms with E-state index in [0.717, 1.165) is 5.52 Å². The van der Waals surface area contributed by atoms with E-state index < -0.39 is 0 Å². The van der Waals surface area contributed by atoms with Crippen molar-refractivity contribution in [1.29, 1.82) is 0 Å². The molecule has 0 saturated carbocycles. The van der Waals surface area contributed by atoms with Gasteiger partial charge in [0.15, 0.2) is 10.3 Å². The topological polar surface area (TPSA) is 55.7 Å². The lowest BCUT2D eigenvalue weighted by atomic mass is 10.5. The second-order valence-electron chi connectivity index (χ2n) is 2.60. The van der Waals surface area contributed by atoms with Crippen LogP contribution in [0.15, 0.2) is 6.33 Å². The highest BCUT2D eigenvalue weighted by molar-refractivity contribution is 7.71. The first-order chi connectivity index (χ1) is 6.22. The number of aromatic amines is 1. The molecule has 0 aliphatic carbocycles. The fraction of sp³-hybridized carbons (Fsp3) is 0.286. The summed E-state index contributed by atoms with van der Waals surface area (Å²) >= 11 is 5.08. The Hall–Kier alpha value is -1.43. The van der Waals surface area contributed by atoms with Gasteiger partial charge in [-0.3, -0.25) is 4.98 Å². The Labute approximate surface area is 79.4 Å². The molecule has 2 aromatic heterocycles. The summed E-state index contributed by atoms with van der Waals surface area (Å²) in [5, 5.41) is 0.